The number of halogens is 2. The van der Waals surface area contributed by atoms with Gasteiger partial charge in [-0.3, -0.25) is 4.79 Å². The lowest BCUT2D eigenvalue weighted by atomic mass is 9.67. The van der Waals surface area contributed by atoms with Crippen molar-refractivity contribution in [3.05, 3.63) is 23.7 Å². The summed E-state index contributed by atoms with van der Waals surface area (Å²) in [5.74, 6) is -0.944. The summed E-state index contributed by atoms with van der Waals surface area (Å²) in [6.07, 6.45) is -0.712. The molecule has 5 heteroatoms. The van der Waals surface area contributed by atoms with Crippen molar-refractivity contribution in [3.8, 4) is 0 Å². The van der Waals surface area contributed by atoms with Crippen LogP contribution in [-0.4, -0.2) is 11.9 Å². The third kappa shape index (κ3) is 2.33. The fraction of sp³-hybridized carbons (Fsp3) is 0.583. The molecule has 1 atom stereocenters. The maximum absolute atomic E-state index is 12.3. The van der Waals surface area contributed by atoms with Crippen LogP contribution in [0.5, 0.6) is 0 Å². The van der Waals surface area contributed by atoms with Gasteiger partial charge < -0.3 is 9.73 Å². The topological polar surface area (TPSA) is 42.2 Å². The molecule has 0 saturated heterocycles. The lowest BCUT2D eigenvalue weighted by Crippen LogP contribution is -2.52. The van der Waals surface area contributed by atoms with Gasteiger partial charge in [0.15, 0.2) is 11.5 Å². The molecule has 1 aromatic rings. The first-order valence-corrected chi connectivity index (χ1v) is 5.59. The normalized spacial score (nSPS) is 22.3. The molecule has 94 valence electrons. The van der Waals surface area contributed by atoms with Crippen LogP contribution in [0, 0.1) is 5.41 Å². The zero-order chi connectivity index (χ0) is 12.6. The van der Waals surface area contributed by atoms with Crippen molar-refractivity contribution in [1.82, 2.24) is 5.32 Å². The number of amides is 1. The Kier molecular flexibility index (Phi) is 2.93. The first kappa shape index (κ1) is 12.1. The molecule has 1 fully saturated rings. The second-order valence-electron chi connectivity index (χ2n) is 5.06. The Morgan fingerprint density at radius 2 is 2.24 bits per heavy atom. The molecule has 1 amide bonds. The molecule has 3 nitrogen and oxygen atoms in total. The predicted molar refractivity (Wildman–Crippen MR) is 57.9 cm³/mol. The third-order valence-corrected chi connectivity index (χ3v) is 3.39. The number of furan rings is 1. The number of carbonyl (C=O) groups excluding carboxylic acids is 1. The highest BCUT2D eigenvalue weighted by Gasteiger charge is 2.39. The molecular weight excluding hydrogens is 228 g/mol. The van der Waals surface area contributed by atoms with E-state index in [-0.39, 0.29) is 17.2 Å². The van der Waals surface area contributed by atoms with Crippen LogP contribution in [0.25, 0.3) is 0 Å². The summed E-state index contributed by atoms with van der Waals surface area (Å²) in [5, 5.41) is 2.80. The first-order valence-electron chi connectivity index (χ1n) is 5.59. The van der Waals surface area contributed by atoms with Crippen LogP contribution in [0.3, 0.4) is 0 Å². The molecule has 0 bridgehead atoms. The second kappa shape index (κ2) is 4.13. The Balaban J connectivity index is 2.00. The molecule has 1 N–H and O–H groups in total. The molecule has 1 heterocycles. The summed E-state index contributed by atoms with van der Waals surface area (Å²) in [7, 11) is 0. The van der Waals surface area contributed by atoms with E-state index in [1.165, 1.54) is 6.07 Å². The van der Waals surface area contributed by atoms with Crippen molar-refractivity contribution in [3.63, 3.8) is 0 Å². The minimum atomic E-state index is -2.68. The number of alkyl halides is 2. The Hall–Kier alpha value is -1.39. The number of hydrogen-bond acceptors (Lipinski definition) is 2. The molecule has 1 saturated carbocycles. The molecular formula is C12H15F2NO2. The molecule has 1 aliphatic rings. The van der Waals surface area contributed by atoms with E-state index in [4.69, 9.17) is 4.42 Å². The summed E-state index contributed by atoms with van der Waals surface area (Å²) in [6, 6.07) is 2.50. The zero-order valence-corrected chi connectivity index (χ0v) is 9.80. The van der Waals surface area contributed by atoms with E-state index >= 15 is 0 Å². The molecule has 0 aromatic carbocycles. The Bertz CT molecular complexity index is 426. The van der Waals surface area contributed by atoms with Crippen molar-refractivity contribution in [2.24, 2.45) is 5.41 Å². The summed E-state index contributed by atoms with van der Waals surface area (Å²) < 4.78 is 29.3. The van der Waals surface area contributed by atoms with E-state index in [0.717, 1.165) is 18.9 Å². The Morgan fingerprint density at radius 3 is 2.65 bits per heavy atom. The van der Waals surface area contributed by atoms with Crippen LogP contribution >= 0.6 is 0 Å². The van der Waals surface area contributed by atoms with E-state index in [1.807, 2.05) is 0 Å². The minimum absolute atomic E-state index is 0.0528. The predicted octanol–water partition coefficient (Wildman–Crippen LogP) is 3.14. The van der Waals surface area contributed by atoms with Crippen LogP contribution in [0.4, 0.5) is 8.78 Å². The van der Waals surface area contributed by atoms with Crippen molar-refractivity contribution >= 4 is 5.91 Å². The van der Waals surface area contributed by atoms with Gasteiger partial charge in [0, 0.05) is 6.04 Å². The van der Waals surface area contributed by atoms with Crippen molar-refractivity contribution in [2.75, 3.05) is 0 Å². The largest absolute Gasteiger partial charge is 0.450 e. The maximum Gasteiger partial charge on any atom is 0.295 e. The van der Waals surface area contributed by atoms with Crippen molar-refractivity contribution in [1.29, 1.82) is 0 Å². The molecule has 2 rings (SSSR count). The van der Waals surface area contributed by atoms with Gasteiger partial charge in [-0.2, -0.15) is 0 Å². The SMILES string of the molecule is CC1(C)CCC1NC(=O)c1ccc(C(F)F)o1. The van der Waals surface area contributed by atoms with Crippen molar-refractivity contribution in [2.45, 2.75) is 39.2 Å². The fourth-order valence-corrected chi connectivity index (χ4v) is 1.96. The van der Waals surface area contributed by atoms with E-state index in [1.54, 1.807) is 0 Å². The molecule has 1 unspecified atom stereocenters. The van der Waals surface area contributed by atoms with Gasteiger partial charge in [-0.15, -0.1) is 0 Å². The highest BCUT2D eigenvalue weighted by atomic mass is 19.3. The number of nitrogens with one attached hydrogen (secondary N) is 1. The zero-order valence-electron chi connectivity index (χ0n) is 9.80. The van der Waals surface area contributed by atoms with Gasteiger partial charge >= 0.3 is 0 Å². The Labute approximate surface area is 98.2 Å². The maximum atomic E-state index is 12.3. The number of hydrogen-bond donors (Lipinski definition) is 1. The van der Waals surface area contributed by atoms with Gasteiger partial charge in [0.2, 0.25) is 0 Å². The summed E-state index contributed by atoms with van der Waals surface area (Å²) in [6.45, 7) is 4.13. The van der Waals surface area contributed by atoms with E-state index < -0.39 is 18.1 Å². The lowest BCUT2D eigenvalue weighted by molar-refractivity contribution is 0.0694. The highest BCUT2D eigenvalue weighted by molar-refractivity contribution is 5.91. The molecule has 1 aromatic heterocycles. The highest BCUT2D eigenvalue weighted by Crippen LogP contribution is 2.40. The monoisotopic (exact) mass is 243 g/mol. The van der Waals surface area contributed by atoms with Gasteiger partial charge in [-0.25, -0.2) is 8.78 Å². The number of rotatable bonds is 3. The van der Waals surface area contributed by atoms with Gasteiger partial charge in [-0.1, -0.05) is 13.8 Å². The number of carbonyl (C=O) groups is 1. The van der Waals surface area contributed by atoms with Crippen LogP contribution in [0.2, 0.25) is 0 Å². The van der Waals surface area contributed by atoms with Crippen LogP contribution < -0.4 is 5.32 Å². The minimum Gasteiger partial charge on any atom is -0.450 e. The average molecular weight is 243 g/mol. The molecule has 1 aliphatic carbocycles. The summed E-state index contributed by atoms with van der Waals surface area (Å²) >= 11 is 0. The molecule has 0 radical (unpaired) electrons. The smallest absolute Gasteiger partial charge is 0.295 e. The molecule has 0 spiro atoms. The van der Waals surface area contributed by atoms with Crippen LogP contribution in [0.15, 0.2) is 16.5 Å². The Morgan fingerprint density at radius 1 is 1.53 bits per heavy atom. The summed E-state index contributed by atoms with van der Waals surface area (Å²) in [5.41, 5.74) is 0.0772. The van der Waals surface area contributed by atoms with Crippen LogP contribution in [0.1, 0.15) is 49.4 Å². The van der Waals surface area contributed by atoms with E-state index in [0.29, 0.717) is 0 Å². The lowest BCUT2D eigenvalue weighted by Gasteiger charge is -2.44. The molecule has 17 heavy (non-hydrogen) atoms. The van der Waals surface area contributed by atoms with Gasteiger partial charge in [0.25, 0.3) is 12.3 Å². The fourth-order valence-electron chi connectivity index (χ4n) is 1.96. The van der Waals surface area contributed by atoms with Gasteiger partial charge in [0.1, 0.15) is 0 Å². The first-order chi connectivity index (χ1) is 7.90. The van der Waals surface area contributed by atoms with Crippen molar-refractivity contribution < 1.29 is 18.0 Å². The summed E-state index contributed by atoms with van der Waals surface area (Å²) in [4.78, 5) is 11.7. The van der Waals surface area contributed by atoms with Gasteiger partial charge in [-0.05, 0) is 30.4 Å². The van der Waals surface area contributed by atoms with Gasteiger partial charge in [0.05, 0.1) is 0 Å². The van der Waals surface area contributed by atoms with Crippen LogP contribution in [-0.2, 0) is 0 Å². The third-order valence-electron chi connectivity index (χ3n) is 3.39. The van der Waals surface area contributed by atoms with E-state index in [9.17, 15) is 13.6 Å². The quantitative estimate of drug-likeness (QED) is 0.886. The molecule has 0 aliphatic heterocycles. The second-order valence-corrected chi connectivity index (χ2v) is 5.06. The average Bonchev–Trinajstić information content (AvgIpc) is 2.73. The standard InChI is InChI=1S/C12H15F2NO2/c1-12(2)6-5-9(12)15-11(16)8-4-3-7(17-8)10(13)14/h3-4,9-10H,5-6H2,1-2H3,(H,15,16). The van der Waals surface area contributed by atoms with E-state index in [2.05, 4.69) is 19.2 Å².